The Hall–Kier alpha value is -2.06. The van der Waals surface area contributed by atoms with Crippen molar-refractivity contribution in [2.45, 2.75) is 32.4 Å². The first kappa shape index (κ1) is 15.3. The molecule has 5 heteroatoms. The molecular formula is C16H20N2O3. The lowest BCUT2D eigenvalue weighted by Crippen LogP contribution is -2.62. The van der Waals surface area contributed by atoms with E-state index in [0.717, 1.165) is 6.42 Å². The maximum absolute atomic E-state index is 11.9. The molecule has 5 nitrogen and oxygen atoms in total. The van der Waals surface area contributed by atoms with Gasteiger partial charge in [-0.1, -0.05) is 13.8 Å². The van der Waals surface area contributed by atoms with Crippen LogP contribution in [0.15, 0.2) is 24.3 Å². The molecule has 1 aliphatic rings. The topological polar surface area (TPSA) is 71.3 Å². The van der Waals surface area contributed by atoms with E-state index in [1.165, 1.54) is 0 Å². The molecule has 2 atom stereocenters. The summed E-state index contributed by atoms with van der Waals surface area (Å²) >= 11 is 0. The van der Waals surface area contributed by atoms with Crippen LogP contribution in [0.2, 0.25) is 0 Å². The molecule has 1 aromatic rings. The van der Waals surface area contributed by atoms with Gasteiger partial charge in [0.05, 0.1) is 17.7 Å². The van der Waals surface area contributed by atoms with Gasteiger partial charge < -0.3 is 14.8 Å². The summed E-state index contributed by atoms with van der Waals surface area (Å²) in [5.41, 5.74) is 0.507. The lowest BCUT2D eigenvalue weighted by Gasteiger charge is -2.51. The Labute approximate surface area is 124 Å². The first-order valence-electron chi connectivity index (χ1n) is 6.92. The average molecular weight is 288 g/mol. The highest BCUT2D eigenvalue weighted by Gasteiger charge is 2.49. The molecule has 1 aromatic carbocycles. The Balaban J connectivity index is 1.79. The molecule has 1 aliphatic carbocycles. The van der Waals surface area contributed by atoms with Gasteiger partial charge in [0.2, 0.25) is 0 Å². The zero-order valence-electron chi connectivity index (χ0n) is 12.6. The first-order valence-corrected chi connectivity index (χ1v) is 6.92. The molecule has 0 spiro atoms. The summed E-state index contributed by atoms with van der Waals surface area (Å²) in [7, 11) is 1.69. The molecule has 1 saturated carbocycles. The molecule has 0 radical (unpaired) electrons. The minimum Gasteiger partial charge on any atom is -0.484 e. The van der Waals surface area contributed by atoms with Gasteiger partial charge in [-0.15, -0.1) is 0 Å². The Morgan fingerprint density at radius 3 is 2.62 bits per heavy atom. The largest absolute Gasteiger partial charge is 0.484 e. The van der Waals surface area contributed by atoms with Gasteiger partial charge in [0.1, 0.15) is 5.75 Å². The van der Waals surface area contributed by atoms with Gasteiger partial charge in [0, 0.05) is 18.6 Å². The van der Waals surface area contributed by atoms with Crippen molar-refractivity contribution in [3.63, 3.8) is 0 Å². The van der Waals surface area contributed by atoms with Crippen molar-refractivity contribution in [1.29, 1.82) is 5.26 Å². The highest BCUT2D eigenvalue weighted by Crippen LogP contribution is 2.42. The minimum atomic E-state index is -0.146. The van der Waals surface area contributed by atoms with Gasteiger partial charge in [-0.3, -0.25) is 4.79 Å². The van der Waals surface area contributed by atoms with E-state index in [-0.39, 0.29) is 30.1 Å². The molecular weight excluding hydrogens is 268 g/mol. The number of methoxy groups -OCH3 is 1. The highest BCUT2D eigenvalue weighted by molar-refractivity contribution is 5.78. The standard InChI is InChI=1S/C16H20N2O3/c1-16(2)13(8-14(16)20-3)18-15(19)10-21-12-6-4-11(9-17)5-7-12/h4-7,13-14H,8,10H2,1-3H3,(H,18,19). The fourth-order valence-electron chi connectivity index (χ4n) is 2.54. The van der Waals surface area contributed by atoms with Crippen LogP contribution in [-0.4, -0.2) is 31.8 Å². The summed E-state index contributed by atoms with van der Waals surface area (Å²) in [5.74, 6) is 0.429. The average Bonchev–Trinajstić information content (AvgIpc) is 2.49. The summed E-state index contributed by atoms with van der Waals surface area (Å²) < 4.78 is 10.8. The van der Waals surface area contributed by atoms with Crippen LogP contribution in [0.1, 0.15) is 25.8 Å². The van der Waals surface area contributed by atoms with Gasteiger partial charge in [-0.25, -0.2) is 0 Å². The SMILES string of the molecule is COC1CC(NC(=O)COc2ccc(C#N)cc2)C1(C)C. The normalized spacial score (nSPS) is 22.8. The molecule has 112 valence electrons. The number of amides is 1. The smallest absolute Gasteiger partial charge is 0.258 e. The molecule has 0 aliphatic heterocycles. The number of benzene rings is 1. The molecule has 1 amide bonds. The Morgan fingerprint density at radius 2 is 2.10 bits per heavy atom. The van der Waals surface area contributed by atoms with E-state index in [4.69, 9.17) is 14.7 Å². The lowest BCUT2D eigenvalue weighted by atomic mass is 9.64. The van der Waals surface area contributed by atoms with E-state index in [9.17, 15) is 4.79 Å². The monoisotopic (exact) mass is 288 g/mol. The predicted molar refractivity (Wildman–Crippen MR) is 77.8 cm³/mol. The third-order valence-corrected chi connectivity index (χ3v) is 4.15. The van der Waals surface area contributed by atoms with Crippen molar-refractivity contribution in [3.05, 3.63) is 29.8 Å². The fraction of sp³-hybridized carbons (Fsp3) is 0.500. The summed E-state index contributed by atoms with van der Waals surface area (Å²) in [4.78, 5) is 11.9. The van der Waals surface area contributed by atoms with E-state index in [2.05, 4.69) is 19.2 Å². The van der Waals surface area contributed by atoms with Gasteiger partial charge in [-0.2, -0.15) is 5.26 Å². The predicted octanol–water partition coefficient (Wildman–Crippen LogP) is 1.87. The van der Waals surface area contributed by atoms with Crippen LogP contribution in [0.4, 0.5) is 0 Å². The fourth-order valence-corrected chi connectivity index (χ4v) is 2.54. The summed E-state index contributed by atoms with van der Waals surface area (Å²) in [5, 5.41) is 11.7. The van der Waals surface area contributed by atoms with E-state index in [1.54, 1.807) is 31.4 Å². The second kappa shape index (κ2) is 6.15. The van der Waals surface area contributed by atoms with Crippen molar-refractivity contribution in [3.8, 4) is 11.8 Å². The van der Waals surface area contributed by atoms with Gasteiger partial charge >= 0.3 is 0 Å². The van der Waals surface area contributed by atoms with E-state index >= 15 is 0 Å². The number of ether oxygens (including phenoxy) is 2. The molecule has 1 N–H and O–H groups in total. The minimum absolute atomic E-state index is 0.0316. The number of nitrogens with one attached hydrogen (secondary N) is 1. The van der Waals surface area contributed by atoms with Crippen LogP contribution >= 0.6 is 0 Å². The quantitative estimate of drug-likeness (QED) is 0.897. The lowest BCUT2D eigenvalue weighted by molar-refractivity contribution is -0.134. The van der Waals surface area contributed by atoms with Crippen LogP contribution in [0.25, 0.3) is 0 Å². The Kier molecular flexibility index (Phi) is 4.49. The van der Waals surface area contributed by atoms with Gasteiger partial charge in [0.15, 0.2) is 6.61 Å². The van der Waals surface area contributed by atoms with Crippen LogP contribution in [0, 0.1) is 16.7 Å². The van der Waals surface area contributed by atoms with Crippen molar-refractivity contribution in [2.75, 3.05) is 13.7 Å². The molecule has 0 heterocycles. The van der Waals surface area contributed by atoms with Gasteiger partial charge in [0.25, 0.3) is 5.91 Å². The highest BCUT2D eigenvalue weighted by atomic mass is 16.5. The number of rotatable bonds is 5. The Morgan fingerprint density at radius 1 is 1.43 bits per heavy atom. The second-order valence-corrected chi connectivity index (χ2v) is 5.83. The molecule has 1 fully saturated rings. The number of hydrogen-bond acceptors (Lipinski definition) is 4. The number of nitrogens with zero attached hydrogens (tertiary/aromatic N) is 1. The summed E-state index contributed by atoms with van der Waals surface area (Å²) in [6, 6.07) is 8.82. The van der Waals surface area contributed by atoms with Crippen LogP contribution in [0.5, 0.6) is 5.75 Å². The molecule has 0 aromatic heterocycles. The van der Waals surface area contributed by atoms with Crippen molar-refractivity contribution in [2.24, 2.45) is 5.41 Å². The second-order valence-electron chi connectivity index (χ2n) is 5.83. The van der Waals surface area contributed by atoms with Crippen LogP contribution < -0.4 is 10.1 Å². The zero-order valence-corrected chi connectivity index (χ0v) is 12.6. The number of nitriles is 1. The number of carbonyl (C=O) groups is 1. The van der Waals surface area contributed by atoms with E-state index in [1.807, 2.05) is 6.07 Å². The maximum atomic E-state index is 11.9. The van der Waals surface area contributed by atoms with Crippen molar-refractivity contribution >= 4 is 5.91 Å². The third kappa shape index (κ3) is 3.34. The number of hydrogen-bond donors (Lipinski definition) is 1. The van der Waals surface area contributed by atoms with E-state index in [0.29, 0.717) is 11.3 Å². The van der Waals surface area contributed by atoms with Crippen molar-refractivity contribution in [1.82, 2.24) is 5.32 Å². The van der Waals surface area contributed by atoms with Gasteiger partial charge in [-0.05, 0) is 30.7 Å². The molecule has 0 saturated heterocycles. The molecule has 2 rings (SSSR count). The molecule has 2 unspecified atom stereocenters. The van der Waals surface area contributed by atoms with Crippen LogP contribution in [0.3, 0.4) is 0 Å². The summed E-state index contributed by atoms with van der Waals surface area (Å²) in [6.45, 7) is 4.13. The first-order chi connectivity index (χ1) is 9.97. The maximum Gasteiger partial charge on any atom is 0.258 e. The van der Waals surface area contributed by atoms with E-state index < -0.39 is 0 Å². The summed E-state index contributed by atoms with van der Waals surface area (Å²) in [6.07, 6.45) is 1.01. The molecule has 0 bridgehead atoms. The third-order valence-electron chi connectivity index (χ3n) is 4.15. The molecule has 21 heavy (non-hydrogen) atoms. The zero-order chi connectivity index (χ0) is 15.5. The Bertz CT molecular complexity index is 546. The van der Waals surface area contributed by atoms with Crippen molar-refractivity contribution < 1.29 is 14.3 Å². The van der Waals surface area contributed by atoms with Crippen LogP contribution in [-0.2, 0) is 9.53 Å². The number of carbonyl (C=O) groups excluding carboxylic acids is 1.